The number of allylic oxidation sites excluding steroid dienone is 2. The van der Waals surface area contributed by atoms with Crippen molar-refractivity contribution in [3.8, 4) is 5.75 Å². The first-order valence-corrected chi connectivity index (χ1v) is 14.3. The number of fused-ring (bicyclic) bond motifs is 5. The molecular formula is C25H14Cl8N2O5. The van der Waals surface area contributed by atoms with Gasteiger partial charge in [-0.15, -0.1) is 23.2 Å². The van der Waals surface area contributed by atoms with Gasteiger partial charge in [0, 0.05) is 10.6 Å². The summed E-state index contributed by atoms with van der Waals surface area (Å²) in [5, 5.41) is 0.691. The number of ether oxygens (including phenoxy) is 1. The fourth-order valence-electron chi connectivity index (χ4n) is 5.28. The quantitative estimate of drug-likeness (QED) is 0.190. The highest BCUT2D eigenvalue weighted by molar-refractivity contribution is 6.66. The van der Waals surface area contributed by atoms with Crippen molar-refractivity contribution in [2.24, 2.45) is 11.8 Å². The number of halogens is 8. The summed E-state index contributed by atoms with van der Waals surface area (Å²) in [6.07, 6.45) is 0. The van der Waals surface area contributed by atoms with E-state index in [1.165, 1.54) is 37.4 Å². The molecule has 0 unspecified atom stereocenters. The molecule has 3 aliphatic rings. The first-order chi connectivity index (χ1) is 18.6. The molecule has 1 heterocycles. The van der Waals surface area contributed by atoms with Crippen LogP contribution < -0.4 is 4.74 Å². The lowest BCUT2D eigenvalue weighted by molar-refractivity contribution is -0.154. The molecule has 2 fully saturated rings. The Morgan fingerprint density at radius 1 is 0.900 bits per heavy atom. The molecule has 0 spiro atoms. The van der Waals surface area contributed by atoms with Crippen molar-refractivity contribution >= 4 is 116 Å². The van der Waals surface area contributed by atoms with Gasteiger partial charge in [0.15, 0.2) is 10.1 Å². The van der Waals surface area contributed by atoms with Gasteiger partial charge in [0.1, 0.15) is 22.0 Å². The molecule has 3 amide bonds. The molecule has 0 radical (unpaired) electrons. The van der Waals surface area contributed by atoms with E-state index in [9.17, 15) is 19.2 Å². The third kappa shape index (κ3) is 3.86. The van der Waals surface area contributed by atoms with Gasteiger partial charge in [0.05, 0.1) is 39.6 Å². The largest absolute Gasteiger partial charge is 0.497 e. The summed E-state index contributed by atoms with van der Waals surface area (Å²) in [7, 11) is 1.42. The van der Waals surface area contributed by atoms with Crippen LogP contribution in [0.1, 0.15) is 20.7 Å². The van der Waals surface area contributed by atoms with Crippen LogP contribution in [-0.4, -0.2) is 61.3 Å². The van der Waals surface area contributed by atoms with Crippen molar-refractivity contribution in [1.82, 2.24) is 10.0 Å². The average molecular weight is 706 g/mol. The molecule has 4 atom stereocenters. The van der Waals surface area contributed by atoms with Gasteiger partial charge in [-0.1, -0.05) is 81.7 Å². The molecule has 5 rings (SSSR count). The Kier molecular flexibility index (Phi) is 7.58. The molecule has 1 saturated heterocycles. The number of benzene rings is 2. The first kappa shape index (κ1) is 30.1. The second-order valence-corrected chi connectivity index (χ2v) is 13.3. The van der Waals surface area contributed by atoms with Gasteiger partial charge < -0.3 is 4.74 Å². The minimum absolute atomic E-state index is 0.0911. The standard InChI is InChI=1S/C25H14Cl8N2O5/c1-40-12-4-2-3-10(7-12)15(36)9-34(20(37)13-6-5-11(26)8-14(13)27)35-21(38)16-17(22(35)39)24(31)19(29)18(28)23(16,30)25(24,32)33/h2-8,16-17H,9H2,1H3/t16-,17+,23-,24-/m1/s1. The molecule has 2 aromatic rings. The number of alkyl halides is 4. The first-order valence-electron chi connectivity index (χ1n) is 11.3. The van der Waals surface area contributed by atoms with Gasteiger partial charge >= 0.3 is 0 Å². The van der Waals surface area contributed by atoms with Crippen LogP contribution in [-0.2, 0) is 9.59 Å². The Bertz CT molecular complexity index is 1500. The number of carbonyl (C=O) groups excluding carboxylic acids is 4. The number of ketones is 1. The SMILES string of the molecule is COc1cccc(C(=O)CN(C(=O)c2ccc(Cl)cc2Cl)N2C(=O)[C@@H]3[C@H](C2=O)[C@@]2(Cl)C(Cl)=C(Cl)[C@@]3(Cl)C2(Cl)Cl)c1. The second kappa shape index (κ2) is 10.1. The van der Waals surface area contributed by atoms with Crippen LogP contribution in [0.5, 0.6) is 5.75 Å². The Morgan fingerprint density at radius 3 is 2.00 bits per heavy atom. The van der Waals surface area contributed by atoms with Crippen molar-refractivity contribution in [2.45, 2.75) is 14.1 Å². The minimum atomic E-state index is -2.17. The lowest BCUT2D eigenvalue weighted by Gasteiger charge is -2.36. The lowest BCUT2D eigenvalue weighted by Crippen LogP contribution is -2.56. The number of carbonyl (C=O) groups is 4. The van der Waals surface area contributed by atoms with E-state index in [1.807, 2.05) is 0 Å². The smallest absolute Gasteiger partial charge is 0.274 e. The highest BCUT2D eigenvalue weighted by atomic mass is 35.5. The van der Waals surface area contributed by atoms with Gasteiger partial charge in [0.2, 0.25) is 0 Å². The lowest BCUT2D eigenvalue weighted by atomic mass is 9.84. The summed E-state index contributed by atoms with van der Waals surface area (Å²) >= 11 is 51.7. The maximum absolute atomic E-state index is 14.0. The number of hydrogen-bond donors (Lipinski definition) is 0. The predicted molar refractivity (Wildman–Crippen MR) is 154 cm³/mol. The number of imide groups is 1. The molecule has 15 heteroatoms. The topological polar surface area (TPSA) is 84.0 Å². The summed E-state index contributed by atoms with van der Waals surface area (Å²) in [5.74, 6) is -6.31. The van der Waals surface area contributed by atoms with E-state index in [0.717, 1.165) is 0 Å². The van der Waals surface area contributed by atoms with Crippen molar-refractivity contribution in [1.29, 1.82) is 0 Å². The second-order valence-electron chi connectivity index (χ2n) is 9.21. The van der Waals surface area contributed by atoms with Gasteiger partial charge in [0.25, 0.3) is 17.7 Å². The van der Waals surface area contributed by atoms with E-state index in [0.29, 0.717) is 15.8 Å². The monoisotopic (exact) mass is 702 g/mol. The van der Waals surface area contributed by atoms with Gasteiger partial charge in [-0.05, 0) is 30.3 Å². The normalized spacial score (nSPS) is 28.3. The molecular weight excluding hydrogens is 692 g/mol. The van der Waals surface area contributed by atoms with Gasteiger partial charge in [-0.2, -0.15) is 5.01 Å². The zero-order valence-corrected chi connectivity index (χ0v) is 25.9. The number of rotatable bonds is 6. The number of nitrogens with zero attached hydrogens (tertiary/aromatic N) is 2. The van der Waals surface area contributed by atoms with E-state index < -0.39 is 56.0 Å². The average Bonchev–Trinajstić information content (AvgIpc) is 3.30. The summed E-state index contributed by atoms with van der Waals surface area (Å²) in [4.78, 5) is 50.9. The molecule has 1 saturated carbocycles. The van der Waals surface area contributed by atoms with Crippen LogP contribution in [0.15, 0.2) is 52.5 Å². The fraction of sp³-hybridized carbons (Fsp3) is 0.280. The van der Waals surface area contributed by atoms with Crippen molar-refractivity contribution in [3.05, 3.63) is 73.7 Å². The Hall–Kier alpha value is -1.42. The van der Waals surface area contributed by atoms with Crippen molar-refractivity contribution in [2.75, 3.05) is 13.7 Å². The molecule has 210 valence electrons. The molecule has 1 aliphatic heterocycles. The van der Waals surface area contributed by atoms with Crippen LogP contribution in [0.2, 0.25) is 10.0 Å². The summed E-state index contributed by atoms with van der Waals surface area (Å²) < 4.78 is 2.99. The number of methoxy groups -OCH3 is 1. The van der Waals surface area contributed by atoms with Gasteiger partial charge in [-0.25, -0.2) is 5.01 Å². The van der Waals surface area contributed by atoms with Crippen molar-refractivity contribution < 1.29 is 23.9 Å². The molecule has 0 aromatic heterocycles. The van der Waals surface area contributed by atoms with E-state index >= 15 is 0 Å². The van der Waals surface area contributed by atoms with E-state index in [-0.39, 0.29) is 31.2 Å². The highest BCUT2D eigenvalue weighted by Gasteiger charge is 2.88. The van der Waals surface area contributed by atoms with Crippen molar-refractivity contribution in [3.63, 3.8) is 0 Å². The molecule has 40 heavy (non-hydrogen) atoms. The van der Waals surface area contributed by atoms with Crippen LogP contribution in [0.3, 0.4) is 0 Å². The number of amides is 3. The molecule has 7 nitrogen and oxygen atoms in total. The van der Waals surface area contributed by atoms with E-state index in [1.54, 1.807) is 12.1 Å². The maximum Gasteiger partial charge on any atom is 0.274 e. The highest BCUT2D eigenvalue weighted by Crippen LogP contribution is 2.77. The molecule has 2 bridgehead atoms. The third-order valence-electron chi connectivity index (χ3n) is 7.21. The Balaban J connectivity index is 1.61. The third-order valence-corrected chi connectivity index (χ3v) is 12.0. The van der Waals surface area contributed by atoms with Crippen LogP contribution >= 0.6 is 92.8 Å². The molecule has 0 N–H and O–H groups in total. The summed E-state index contributed by atoms with van der Waals surface area (Å²) in [6, 6.07) is 10.0. The van der Waals surface area contributed by atoms with Crippen LogP contribution in [0, 0.1) is 11.8 Å². The van der Waals surface area contributed by atoms with Crippen LogP contribution in [0.4, 0.5) is 0 Å². The van der Waals surface area contributed by atoms with Crippen LogP contribution in [0.25, 0.3) is 0 Å². The van der Waals surface area contributed by atoms with Gasteiger partial charge in [-0.3, -0.25) is 19.2 Å². The molecule has 2 aliphatic carbocycles. The number of Topliss-reactive ketones (excluding diaryl/α,β-unsaturated/α-hetero) is 1. The molecule has 2 aromatic carbocycles. The number of hydrogen-bond acceptors (Lipinski definition) is 5. The zero-order valence-electron chi connectivity index (χ0n) is 19.9. The van der Waals surface area contributed by atoms with E-state index in [4.69, 9.17) is 97.5 Å². The maximum atomic E-state index is 14.0. The minimum Gasteiger partial charge on any atom is -0.497 e. The summed E-state index contributed by atoms with van der Waals surface area (Å²) in [5.41, 5.74) is -0.0147. The van der Waals surface area contributed by atoms with E-state index in [2.05, 4.69) is 0 Å². The zero-order chi connectivity index (χ0) is 29.5. The number of hydrazine groups is 1. The predicted octanol–water partition coefficient (Wildman–Crippen LogP) is 6.69. The summed E-state index contributed by atoms with van der Waals surface area (Å²) in [6.45, 7) is -0.770. The Labute approximate surface area is 267 Å². The fourth-order valence-corrected chi connectivity index (χ4v) is 8.70. The Morgan fingerprint density at radius 2 is 1.48 bits per heavy atom.